The third-order valence-electron chi connectivity index (χ3n) is 4.96. The van der Waals surface area contributed by atoms with Gasteiger partial charge < -0.3 is 20.3 Å². The minimum absolute atomic E-state index is 0.168. The van der Waals surface area contributed by atoms with E-state index < -0.39 is 0 Å². The third-order valence-corrected chi connectivity index (χ3v) is 4.96. The SMILES string of the molecule is CC(C)COc1cccc(CNC(=O)NCC2CCN(c3ccc(F)cc3)C2)c1. The molecule has 29 heavy (non-hydrogen) atoms. The van der Waals surface area contributed by atoms with E-state index in [-0.39, 0.29) is 11.8 Å². The van der Waals surface area contributed by atoms with Crippen molar-refractivity contribution in [3.63, 3.8) is 0 Å². The molecule has 1 aliphatic heterocycles. The molecule has 6 heteroatoms. The molecular weight excluding hydrogens is 369 g/mol. The first-order chi connectivity index (χ1) is 14.0. The van der Waals surface area contributed by atoms with Crippen molar-refractivity contribution in [3.05, 3.63) is 59.9 Å². The van der Waals surface area contributed by atoms with Gasteiger partial charge >= 0.3 is 6.03 Å². The summed E-state index contributed by atoms with van der Waals surface area (Å²) in [4.78, 5) is 14.4. The van der Waals surface area contributed by atoms with E-state index in [9.17, 15) is 9.18 Å². The molecule has 0 spiro atoms. The van der Waals surface area contributed by atoms with Gasteiger partial charge in [-0.2, -0.15) is 0 Å². The molecule has 0 aliphatic carbocycles. The summed E-state index contributed by atoms with van der Waals surface area (Å²) in [6.07, 6.45) is 1.01. The van der Waals surface area contributed by atoms with Crippen LogP contribution in [0.2, 0.25) is 0 Å². The zero-order valence-electron chi connectivity index (χ0n) is 17.2. The molecule has 1 saturated heterocycles. The number of ether oxygens (including phenoxy) is 1. The predicted molar refractivity (Wildman–Crippen MR) is 114 cm³/mol. The van der Waals surface area contributed by atoms with Crippen LogP contribution in [0.25, 0.3) is 0 Å². The van der Waals surface area contributed by atoms with Crippen molar-refractivity contribution < 1.29 is 13.9 Å². The highest BCUT2D eigenvalue weighted by molar-refractivity contribution is 5.73. The lowest BCUT2D eigenvalue weighted by Gasteiger charge is -2.19. The average molecular weight is 400 g/mol. The van der Waals surface area contributed by atoms with E-state index in [1.807, 2.05) is 24.3 Å². The van der Waals surface area contributed by atoms with E-state index in [4.69, 9.17) is 4.74 Å². The van der Waals surface area contributed by atoms with Crippen molar-refractivity contribution in [2.24, 2.45) is 11.8 Å². The molecule has 1 aliphatic rings. The first-order valence-electron chi connectivity index (χ1n) is 10.2. The van der Waals surface area contributed by atoms with Crippen LogP contribution >= 0.6 is 0 Å². The van der Waals surface area contributed by atoms with Gasteiger partial charge in [-0.3, -0.25) is 0 Å². The fraction of sp³-hybridized carbons (Fsp3) is 0.435. The molecule has 1 heterocycles. The van der Waals surface area contributed by atoms with Gasteiger partial charge in [0.25, 0.3) is 0 Å². The monoisotopic (exact) mass is 399 g/mol. The second kappa shape index (κ2) is 10.1. The Morgan fingerprint density at radius 1 is 1.21 bits per heavy atom. The van der Waals surface area contributed by atoms with E-state index in [1.165, 1.54) is 12.1 Å². The Balaban J connectivity index is 1.38. The molecule has 0 bridgehead atoms. The molecule has 1 unspecified atom stereocenters. The Kier molecular flexibility index (Phi) is 7.33. The van der Waals surface area contributed by atoms with Gasteiger partial charge in [-0.05, 0) is 60.2 Å². The zero-order valence-corrected chi connectivity index (χ0v) is 17.2. The lowest BCUT2D eigenvalue weighted by molar-refractivity contribution is 0.239. The Bertz CT molecular complexity index is 795. The van der Waals surface area contributed by atoms with E-state index in [0.717, 1.165) is 36.5 Å². The summed E-state index contributed by atoms with van der Waals surface area (Å²) in [5.41, 5.74) is 2.03. The standard InChI is InChI=1S/C23H30FN3O2/c1-17(2)16-29-22-5-3-4-18(12-22)13-25-23(28)26-14-19-10-11-27(15-19)21-8-6-20(24)7-9-21/h3-9,12,17,19H,10-11,13-16H2,1-2H3,(H2,25,26,28). The largest absolute Gasteiger partial charge is 0.493 e. The fourth-order valence-corrected chi connectivity index (χ4v) is 3.38. The van der Waals surface area contributed by atoms with E-state index in [0.29, 0.717) is 31.5 Å². The number of hydrogen-bond donors (Lipinski definition) is 2. The molecule has 1 atom stereocenters. The number of nitrogens with zero attached hydrogens (tertiary/aromatic N) is 1. The smallest absolute Gasteiger partial charge is 0.315 e. The molecular formula is C23H30FN3O2. The number of halogens is 1. The normalized spacial score (nSPS) is 16.1. The predicted octanol–water partition coefficient (Wildman–Crippen LogP) is 4.19. The highest BCUT2D eigenvalue weighted by Crippen LogP contribution is 2.23. The number of rotatable bonds is 8. The number of carbonyl (C=O) groups excluding carboxylic acids is 1. The summed E-state index contributed by atoms with van der Waals surface area (Å²) in [6, 6.07) is 14.2. The van der Waals surface area contributed by atoms with Crippen molar-refractivity contribution in [3.8, 4) is 5.75 Å². The summed E-state index contributed by atoms with van der Waals surface area (Å²) in [7, 11) is 0. The molecule has 0 aromatic heterocycles. The highest BCUT2D eigenvalue weighted by Gasteiger charge is 2.23. The van der Waals surface area contributed by atoms with Gasteiger partial charge in [0.15, 0.2) is 0 Å². The lowest BCUT2D eigenvalue weighted by Crippen LogP contribution is -2.38. The maximum absolute atomic E-state index is 13.1. The molecule has 5 nitrogen and oxygen atoms in total. The van der Waals surface area contributed by atoms with Crippen molar-refractivity contribution in [1.29, 1.82) is 0 Å². The summed E-state index contributed by atoms with van der Waals surface area (Å²) < 4.78 is 18.8. The Hall–Kier alpha value is -2.76. The van der Waals surface area contributed by atoms with Gasteiger partial charge in [0.05, 0.1) is 6.61 Å². The number of nitrogens with one attached hydrogen (secondary N) is 2. The van der Waals surface area contributed by atoms with Crippen LogP contribution in [-0.2, 0) is 6.54 Å². The average Bonchev–Trinajstić information content (AvgIpc) is 3.19. The minimum Gasteiger partial charge on any atom is -0.493 e. The van der Waals surface area contributed by atoms with Crippen molar-refractivity contribution >= 4 is 11.7 Å². The van der Waals surface area contributed by atoms with Gasteiger partial charge in [0.1, 0.15) is 11.6 Å². The Labute approximate surface area is 172 Å². The van der Waals surface area contributed by atoms with Crippen LogP contribution in [0.15, 0.2) is 48.5 Å². The summed E-state index contributed by atoms with van der Waals surface area (Å²) in [6.45, 7) is 7.76. The van der Waals surface area contributed by atoms with Gasteiger partial charge in [0, 0.05) is 31.9 Å². The first kappa shape index (κ1) is 21.0. The van der Waals surface area contributed by atoms with E-state index in [1.54, 1.807) is 12.1 Å². The Morgan fingerprint density at radius 3 is 2.76 bits per heavy atom. The van der Waals surface area contributed by atoms with Crippen LogP contribution in [0, 0.1) is 17.7 Å². The van der Waals surface area contributed by atoms with Gasteiger partial charge in [-0.1, -0.05) is 26.0 Å². The number of carbonyl (C=O) groups is 1. The molecule has 1 fully saturated rings. The van der Waals surface area contributed by atoms with Crippen LogP contribution in [0.1, 0.15) is 25.8 Å². The zero-order chi connectivity index (χ0) is 20.6. The molecule has 3 rings (SSSR count). The van der Waals surface area contributed by atoms with Crippen molar-refractivity contribution in [2.45, 2.75) is 26.8 Å². The van der Waals surface area contributed by atoms with Crippen LogP contribution in [0.5, 0.6) is 5.75 Å². The highest BCUT2D eigenvalue weighted by atomic mass is 19.1. The van der Waals surface area contributed by atoms with E-state index in [2.05, 4.69) is 29.4 Å². The first-order valence-corrected chi connectivity index (χ1v) is 10.2. The van der Waals surface area contributed by atoms with Gasteiger partial charge in [-0.15, -0.1) is 0 Å². The number of amides is 2. The van der Waals surface area contributed by atoms with Crippen LogP contribution in [0.3, 0.4) is 0 Å². The second-order valence-electron chi connectivity index (χ2n) is 7.99. The second-order valence-corrected chi connectivity index (χ2v) is 7.99. The van der Waals surface area contributed by atoms with Crippen LogP contribution in [-0.4, -0.2) is 32.3 Å². The number of urea groups is 1. The molecule has 2 aromatic rings. The third kappa shape index (κ3) is 6.66. The summed E-state index contributed by atoms with van der Waals surface area (Å²) >= 11 is 0. The van der Waals surface area contributed by atoms with E-state index >= 15 is 0 Å². The molecule has 0 radical (unpaired) electrons. The number of anilines is 1. The molecule has 0 saturated carbocycles. The Morgan fingerprint density at radius 2 is 2.00 bits per heavy atom. The van der Waals surface area contributed by atoms with Crippen molar-refractivity contribution in [2.75, 3.05) is 31.1 Å². The summed E-state index contributed by atoms with van der Waals surface area (Å²) in [5.74, 6) is 1.46. The topological polar surface area (TPSA) is 53.6 Å². The maximum atomic E-state index is 13.1. The van der Waals surface area contributed by atoms with Crippen molar-refractivity contribution in [1.82, 2.24) is 10.6 Å². The fourth-order valence-electron chi connectivity index (χ4n) is 3.38. The molecule has 156 valence electrons. The maximum Gasteiger partial charge on any atom is 0.315 e. The molecule has 2 amide bonds. The quantitative estimate of drug-likeness (QED) is 0.700. The number of benzene rings is 2. The van der Waals surface area contributed by atoms with Crippen LogP contribution < -0.4 is 20.3 Å². The minimum atomic E-state index is -0.222. The summed E-state index contributed by atoms with van der Waals surface area (Å²) in [5, 5.41) is 5.87. The van der Waals surface area contributed by atoms with Crippen LogP contribution in [0.4, 0.5) is 14.9 Å². The van der Waals surface area contributed by atoms with Gasteiger partial charge in [0.2, 0.25) is 0 Å². The van der Waals surface area contributed by atoms with Gasteiger partial charge in [-0.25, -0.2) is 9.18 Å². The lowest BCUT2D eigenvalue weighted by atomic mass is 10.1. The molecule has 2 N–H and O–H groups in total. The number of hydrogen-bond acceptors (Lipinski definition) is 3. The molecule has 2 aromatic carbocycles.